The van der Waals surface area contributed by atoms with Gasteiger partial charge in [0.1, 0.15) is 11.4 Å². The van der Waals surface area contributed by atoms with Crippen LogP contribution in [0.1, 0.15) is 27.7 Å². The fourth-order valence-corrected chi connectivity index (χ4v) is 1.49. The fraction of sp³-hybridized carbons (Fsp3) is 0.500. The lowest BCUT2D eigenvalue weighted by Gasteiger charge is -2.22. The van der Waals surface area contributed by atoms with Gasteiger partial charge in [-0.3, -0.25) is 10.1 Å². The monoisotopic (exact) mass is 297 g/mol. The van der Waals surface area contributed by atoms with Crippen LogP contribution in [-0.2, 0) is 9.53 Å². The number of hydrogen-bond donors (Lipinski definition) is 0. The molecule has 0 fully saturated rings. The molecule has 0 saturated carbocycles. The zero-order chi connectivity index (χ0) is 16.2. The van der Waals surface area contributed by atoms with Crippen molar-refractivity contribution in [1.29, 1.82) is 0 Å². The Balaban J connectivity index is 2.92. The van der Waals surface area contributed by atoms with Gasteiger partial charge in [-0.25, -0.2) is 4.79 Å². The van der Waals surface area contributed by atoms with Gasteiger partial charge in [-0.1, -0.05) is 0 Å². The molecule has 1 aromatic rings. The molecule has 0 aromatic heterocycles. The Kier molecular flexibility index (Phi) is 5.12. The highest BCUT2D eigenvalue weighted by atomic mass is 16.6. The van der Waals surface area contributed by atoms with Crippen LogP contribution < -0.4 is 9.47 Å². The molecule has 0 saturated heterocycles. The number of esters is 1. The number of ether oxygens (including phenoxy) is 3. The summed E-state index contributed by atoms with van der Waals surface area (Å²) in [4.78, 5) is 22.3. The molecule has 0 aliphatic heterocycles. The Labute approximate surface area is 123 Å². The zero-order valence-electron chi connectivity index (χ0n) is 12.7. The molecular weight excluding hydrogens is 278 g/mol. The minimum Gasteiger partial charge on any atom is -0.496 e. The Morgan fingerprint density at radius 2 is 1.95 bits per heavy atom. The maximum absolute atomic E-state index is 11.8. The minimum absolute atomic E-state index is 0.0147. The van der Waals surface area contributed by atoms with Gasteiger partial charge >= 0.3 is 11.7 Å². The van der Waals surface area contributed by atoms with E-state index in [1.54, 1.807) is 20.8 Å². The minimum atomic E-state index is -0.962. The van der Waals surface area contributed by atoms with E-state index < -0.39 is 22.6 Å². The summed E-state index contributed by atoms with van der Waals surface area (Å²) in [7, 11) is 1.41. The average Bonchev–Trinajstić information content (AvgIpc) is 2.36. The largest absolute Gasteiger partial charge is 0.496 e. The molecule has 7 heteroatoms. The van der Waals surface area contributed by atoms with E-state index >= 15 is 0 Å². The number of carbonyl (C=O) groups is 1. The Bertz CT molecular complexity index is 535. The second-order valence-corrected chi connectivity index (χ2v) is 5.38. The van der Waals surface area contributed by atoms with E-state index in [0.29, 0.717) is 5.75 Å². The molecule has 0 aliphatic carbocycles. The second kappa shape index (κ2) is 6.43. The number of methoxy groups -OCH3 is 1. The van der Waals surface area contributed by atoms with Gasteiger partial charge in [-0.2, -0.15) is 0 Å². The molecule has 0 radical (unpaired) electrons. The molecule has 1 unspecified atom stereocenters. The summed E-state index contributed by atoms with van der Waals surface area (Å²) in [6.07, 6.45) is -0.962. The predicted molar refractivity (Wildman–Crippen MR) is 75.6 cm³/mol. The van der Waals surface area contributed by atoms with Crippen LogP contribution >= 0.6 is 0 Å². The summed E-state index contributed by atoms with van der Waals surface area (Å²) in [6, 6.07) is 4.14. The van der Waals surface area contributed by atoms with Gasteiger partial charge in [0.15, 0.2) is 11.9 Å². The molecule has 21 heavy (non-hydrogen) atoms. The molecule has 0 N–H and O–H groups in total. The third-order valence-electron chi connectivity index (χ3n) is 2.41. The van der Waals surface area contributed by atoms with Crippen molar-refractivity contribution in [2.75, 3.05) is 7.11 Å². The van der Waals surface area contributed by atoms with E-state index in [1.807, 2.05) is 0 Å². The van der Waals surface area contributed by atoms with Crippen LogP contribution in [-0.4, -0.2) is 29.7 Å². The number of nitrogens with zero attached hydrogens (tertiary/aromatic N) is 1. The van der Waals surface area contributed by atoms with E-state index in [4.69, 9.17) is 14.2 Å². The molecule has 1 rings (SSSR count). The molecule has 1 atom stereocenters. The molecule has 116 valence electrons. The van der Waals surface area contributed by atoms with Gasteiger partial charge < -0.3 is 14.2 Å². The first kappa shape index (κ1) is 16.7. The number of hydrogen-bond acceptors (Lipinski definition) is 6. The van der Waals surface area contributed by atoms with Crippen LogP contribution in [0.15, 0.2) is 18.2 Å². The lowest BCUT2D eigenvalue weighted by molar-refractivity contribution is -0.386. The van der Waals surface area contributed by atoms with Crippen molar-refractivity contribution >= 4 is 11.7 Å². The van der Waals surface area contributed by atoms with E-state index in [0.717, 1.165) is 0 Å². The lowest BCUT2D eigenvalue weighted by Crippen LogP contribution is -2.33. The van der Waals surface area contributed by atoms with Crippen LogP contribution in [0.3, 0.4) is 0 Å². The summed E-state index contributed by atoms with van der Waals surface area (Å²) in [5.41, 5.74) is -0.926. The van der Waals surface area contributed by atoms with Crippen LogP contribution in [0.5, 0.6) is 11.5 Å². The van der Waals surface area contributed by atoms with E-state index in [-0.39, 0.29) is 11.4 Å². The normalized spacial score (nSPS) is 12.4. The van der Waals surface area contributed by atoms with Crippen molar-refractivity contribution in [2.24, 2.45) is 0 Å². The summed E-state index contributed by atoms with van der Waals surface area (Å²) in [5.74, 6) is -0.272. The predicted octanol–water partition coefficient (Wildman–Crippen LogP) is 2.71. The molecule has 1 aromatic carbocycles. The van der Waals surface area contributed by atoms with Gasteiger partial charge in [-0.15, -0.1) is 0 Å². The van der Waals surface area contributed by atoms with Gasteiger partial charge in [-0.05, 0) is 39.8 Å². The van der Waals surface area contributed by atoms with Crippen LogP contribution in [0, 0.1) is 10.1 Å². The number of benzene rings is 1. The molecule has 0 bridgehead atoms. The Hall–Kier alpha value is -2.31. The zero-order valence-corrected chi connectivity index (χ0v) is 12.7. The van der Waals surface area contributed by atoms with Gasteiger partial charge in [0.2, 0.25) is 0 Å². The smallest absolute Gasteiger partial charge is 0.347 e. The van der Waals surface area contributed by atoms with E-state index in [9.17, 15) is 14.9 Å². The quantitative estimate of drug-likeness (QED) is 0.471. The molecule has 7 nitrogen and oxygen atoms in total. The third-order valence-corrected chi connectivity index (χ3v) is 2.41. The highest BCUT2D eigenvalue weighted by Crippen LogP contribution is 2.31. The number of carbonyl (C=O) groups excluding carboxylic acids is 1. The van der Waals surface area contributed by atoms with Crippen molar-refractivity contribution < 1.29 is 23.9 Å². The van der Waals surface area contributed by atoms with Gasteiger partial charge in [0.05, 0.1) is 18.1 Å². The number of rotatable bonds is 5. The highest BCUT2D eigenvalue weighted by molar-refractivity contribution is 5.75. The highest BCUT2D eigenvalue weighted by Gasteiger charge is 2.26. The SMILES string of the molecule is COc1ccc(OC(C)C(=O)OC(C)(C)C)c([N+](=O)[O-])c1. The number of nitro groups is 1. The Morgan fingerprint density at radius 3 is 2.43 bits per heavy atom. The van der Waals surface area contributed by atoms with Crippen molar-refractivity contribution in [1.82, 2.24) is 0 Å². The van der Waals surface area contributed by atoms with Gasteiger partial charge in [0.25, 0.3) is 0 Å². The summed E-state index contributed by atoms with van der Waals surface area (Å²) >= 11 is 0. The van der Waals surface area contributed by atoms with Crippen molar-refractivity contribution in [3.8, 4) is 11.5 Å². The van der Waals surface area contributed by atoms with Crippen molar-refractivity contribution in [2.45, 2.75) is 39.4 Å². The van der Waals surface area contributed by atoms with Crippen LogP contribution in [0.25, 0.3) is 0 Å². The molecule has 0 amide bonds. The Morgan fingerprint density at radius 1 is 1.33 bits per heavy atom. The lowest BCUT2D eigenvalue weighted by atomic mass is 10.2. The molecule has 0 aliphatic rings. The van der Waals surface area contributed by atoms with Gasteiger partial charge in [0, 0.05) is 0 Å². The van der Waals surface area contributed by atoms with Crippen molar-refractivity contribution in [3.63, 3.8) is 0 Å². The molecule has 0 heterocycles. The van der Waals surface area contributed by atoms with Crippen molar-refractivity contribution in [3.05, 3.63) is 28.3 Å². The first-order valence-corrected chi connectivity index (χ1v) is 6.36. The second-order valence-electron chi connectivity index (χ2n) is 5.38. The summed E-state index contributed by atoms with van der Waals surface area (Å²) in [5, 5.41) is 11.0. The summed E-state index contributed by atoms with van der Waals surface area (Å²) < 4.78 is 15.4. The molecular formula is C14H19NO6. The van der Waals surface area contributed by atoms with Crippen LogP contribution in [0.4, 0.5) is 5.69 Å². The van der Waals surface area contributed by atoms with E-state index in [2.05, 4.69) is 0 Å². The van der Waals surface area contributed by atoms with Crippen LogP contribution in [0.2, 0.25) is 0 Å². The maximum Gasteiger partial charge on any atom is 0.347 e. The number of nitro benzene ring substituents is 1. The standard InChI is InChI=1S/C14H19NO6/c1-9(13(16)21-14(2,3)4)20-12-7-6-10(19-5)8-11(12)15(17)18/h6-9H,1-5H3. The molecule has 0 spiro atoms. The average molecular weight is 297 g/mol. The fourth-order valence-electron chi connectivity index (χ4n) is 1.49. The first-order valence-electron chi connectivity index (χ1n) is 6.36. The topological polar surface area (TPSA) is 87.9 Å². The summed E-state index contributed by atoms with van der Waals surface area (Å²) in [6.45, 7) is 6.66. The first-order chi connectivity index (χ1) is 9.64. The third kappa shape index (κ3) is 4.94. The maximum atomic E-state index is 11.8. The van der Waals surface area contributed by atoms with E-state index in [1.165, 1.54) is 32.2 Å².